The number of aliphatic hydroxyl groups excluding tert-OH is 2. The smallest absolute Gasteiger partial charge is 0.220 e. The van der Waals surface area contributed by atoms with E-state index in [4.69, 9.17) is 0 Å². The van der Waals surface area contributed by atoms with E-state index in [9.17, 15) is 15.0 Å². The first-order valence-electron chi connectivity index (χ1n) is 22.3. The summed E-state index contributed by atoms with van der Waals surface area (Å²) >= 11 is 0. The van der Waals surface area contributed by atoms with E-state index in [-0.39, 0.29) is 12.5 Å². The Morgan fingerprint density at radius 3 is 1.25 bits per heavy atom. The van der Waals surface area contributed by atoms with E-state index in [1.54, 1.807) is 0 Å². The first kappa shape index (κ1) is 50.6. The van der Waals surface area contributed by atoms with Gasteiger partial charge in [-0.05, 0) is 70.6 Å². The van der Waals surface area contributed by atoms with Gasteiger partial charge in [-0.1, -0.05) is 208 Å². The van der Waals surface area contributed by atoms with Crippen LogP contribution in [-0.2, 0) is 4.79 Å². The average molecular weight is 736 g/mol. The van der Waals surface area contributed by atoms with E-state index in [2.05, 4.69) is 104 Å². The van der Waals surface area contributed by atoms with Gasteiger partial charge in [0.1, 0.15) is 0 Å². The molecule has 0 aromatic rings. The number of rotatable bonds is 39. The normalized spacial score (nSPS) is 13.8. The lowest BCUT2D eigenvalue weighted by molar-refractivity contribution is -0.123. The Morgan fingerprint density at radius 2 is 0.830 bits per heavy atom. The van der Waals surface area contributed by atoms with Gasteiger partial charge in [0.05, 0.1) is 18.8 Å². The molecule has 0 aliphatic carbocycles. The SMILES string of the molecule is CC/C=C\C/C=C\C/C=C\C/C=C\C/C=C\C/C=C\C/C=C\CCCCCCCCCCCCCCCC(=O)NC(CO)C(O)CCCCCCCC. The number of aliphatic hydroxyl groups is 2. The topological polar surface area (TPSA) is 69.6 Å². The van der Waals surface area contributed by atoms with E-state index < -0.39 is 12.1 Å². The molecule has 2 atom stereocenters. The molecule has 4 heteroatoms. The van der Waals surface area contributed by atoms with Crippen LogP contribution in [0.25, 0.3) is 0 Å². The van der Waals surface area contributed by atoms with Gasteiger partial charge in [-0.3, -0.25) is 4.79 Å². The Morgan fingerprint density at radius 1 is 0.472 bits per heavy atom. The molecule has 1 amide bonds. The van der Waals surface area contributed by atoms with E-state index in [0.29, 0.717) is 12.8 Å². The maximum absolute atomic E-state index is 12.3. The summed E-state index contributed by atoms with van der Waals surface area (Å²) in [6, 6.07) is -0.537. The minimum Gasteiger partial charge on any atom is -0.394 e. The Labute approximate surface area is 329 Å². The number of carbonyl (C=O) groups excluding carboxylic acids is 1. The van der Waals surface area contributed by atoms with Crippen molar-refractivity contribution in [3.05, 3.63) is 85.1 Å². The van der Waals surface area contributed by atoms with Gasteiger partial charge in [0.2, 0.25) is 5.91 Å². The summed E-state index contributed by atoms with van der Waals surface area (Å²) in [5.74, 6) is -0.0423. The molecule has 0 saturated heterocycles. The molecule has 53 heavy (non-hydrogen) atoms. The molecule has 0 aromatic carbocycles. The highest BCUT2D eigenvalue weighted by atomic mass is 16.3. The molecule has 0 spiro atoms. The molecule has 3 N–H and O–H groups in total. The van der Waals surface area contributed by atoms with Crippen molar-refractivity contribution in [2.45, 2.75) is 212 Å². The van der Waals surface area contributed by atoms with Gasteiger partial charge in [-0.2, -0.15) is 0 Å². The van der Waals surface area contributed by atoms with Gasteiger partial charge in [0.15, 0.2) is 0 Å². The van der Waals surface area contributed by atoms with Crippen LogP contribution in [0.1, 0.15) is 200 Å². The standard InChI is InChI=1S/C49H85NO3/c1-3-5-7-9-11-12-13-14-15-16-17-18-19-20-21-22-23-24-25-26-27-28-29-30-31-32-33-34-35-36-37-38-39-41-43-45-49(53)50-47(46-51)48(52)44-42-40-10-8-6-4-2/h5,7,11-12,14-15,17-18,20-21,23-24,26-27,47-48,51-52H,3-4,6,8-10,13,16,19,22,25,28-46H2,1-2H3,(H,50,53)/b7-5-,12-11-,15-14-,18-17-,21-20-,24-23-,27-26-. The van der Waals surface area contributed by atoms with E-state index in [1.807, 2.05) is 0 Å². The summed E-state index contributed by atoms with van der Waals surface area (Å²) in [5.41, 5.74) is 0. The molecule has 0 radical (unpaired) electrons. The lowest BCUT2D eigenvalue weighted by Crippen LogP contribution is -2.45. The Balaban J connectivity index is 3.49. The molecule has 0 aliphatic rings. The van der Waals surface area contributed by atoms with Crippen molar-refractivity contribution in [3.63, 3.8) is 0 Å². The molecular formula is C49H85NO3. The number of unbranched alkanes of at least 4 members (excludes halogenated alkanes) is 18. The molecule has 0 aromatic heterocycles. The third kappa shape index (κ3) is 40.6. The fourth-order valence-corrected chi connectivity index (χ4v) is 6.28. The third-order valence-corrected chi connectivity index (χ3v) is 9.67. The van der Waals surface area contributed by atoms with Crippen molar-refractivity contribution >= 4 is 5.91 Å². The van der Waals surface area contributed by atoms with Crippen LogP contribution in [0.4, 0.5) is 0 Å². The fraction of sp³-hybridized carbons (Fsp3) is 0.694. The predicted octanol–water partition coefficient (Wildman–Crippen LogP) is 14.1. The predicted molar refractivity (Wildman–Crippen MR) is 234 cm³/mol. The van der Waals surface area contributed by atoms with Crippen molar-refractivity contribution in [2.24, 2.45) is 0 Å². The first-order valence-corrected chi connectivity index (χ1v) is 22.3. The minimum atomic E-state index is -0.659. The maximum atomic E-state index is 12.3. The summed E-state index contributed by atoms with van der Waals surface area (Å²) in [4.78, 5) is 12.3. The molecule has 0 aliphatic heterocycles. The molecular weight excluding hydrogens is 651 g/mol. The van der Waals surface area contributed by atoms with Crippen LogP contribution in [-0.4, -0.2) is 34.9 Å². The van der Waals surface area contributed by atoms with Gasteiger partial charge in [0.25, 0.3) is 0 Å². The van der Waals surface area contributed by atoms with E-state index in [1.165, 1.54) is 103 Å². The van der Waals surface area contributed by atoms with Crippen molar-refractivity contribution in [1.29, 1.82) is 0 Å². The average Bonchev–Trinajstić information content (AvgIpc) is 3.16. The first-order chi connectivity index (χ1) is 26.2. The molecule has 304 valence electrons. The van der Waals surface area contributed by atoms with Crippen LogP contribution in [0.15, 0.2) is 85.1 Å². The highest BCUT2D eigenvalue weighted by Gasteiger charge is 2.19. The molecule has 0 rings (SSSR count). The summed E-state index contributed by atoms with van der Waals surface area (Å²) in [7, 11) is 0. The number of hydrogen-bond donors (Lipinski definition) is 3. The minimum absolute atomic E-state index is 0.0423. The van der Waals surface area contributed by atoms with E-state index >= 15 is 0 Å². The molecule has 0 heterocycles. The molecule has 4 nitrogen and oxygen atoms in total. The summed E-state index contributed by atoms with van der Waals surface area (Å²) in [5, 5.41) is 22.9. The Kier molecular flexibility index (Phi) is 42.0. The number of amides is 1. The summed E-state index contributed by atoms with van der Waals surface area (Å²) in [6.45, 7) is 4.17. The van der Waals surface area contributed by atoms with Gasteiger partial charge in [-0.15, -0.1) is 0 Å². The molecule has 0 saturated carbocycles. The van der Waals surface area contributed by atoms with Crippen LogP contribution in [0.2, 0.25) is 0 Å². The van der Waals surface area contributed by atoms with Crippen LogP contribution < -0.4 is 5.32 Å². The molecule has 0 bridgehead atoms. The van der Waals surface area contributed by atoms with Crippen LogP contribution in [0, 0.1) is 0 Å². The Bertz CT molecular complexity index is 972. The quantitative estimate of drug-likeness (QED) is 0.0435. The fourth-order valence-electron chi connectivity index (χ4n) is 6.28. The van der Waals surface area contributed by atoms with Crippen LogP contribution in [0.3, 0.4) is 0 Å². The van der Waals surface area contributed by atoms with Crippen LogP contribution in [0.5, 0.6) is 0 Å². The highest BCUT2D eigenvalue weighted by molar-refractivity contribution is 5.76. The zero-order chi connectivity index (χ0) is 38.6. The zero-order valence-electron chi connectivity index (χ0n) is 34.8. The zero-order valence-corrected chi connectivity index (χ0v) is 34.8. The van der Waals surface area contributed by atoms with Crippen molar-refractivity contribution in [1.82, 2.24) is 5.32 Å². The Hall–Kier alpha value is -2.43. The van der Waals surface area contributed by atoms with Crippen molar-refractivity contribution in [2.75, 3.05) is 6.61 Å². The maximum Gasteiger partial charge on any atom is 0.220 e. The molecule has 2 unspecified atom stereocenters. The second-order valence-corrected chi connectivity index (χ2v) is 14.7. The molecule has 0 fully saturated rings. The summed E-state index contributed by atoms with van der Waals surface area (Å²) < 4.78 is 0. The second kappa shape index (κ2) is 44.0. The van der Waals surface area contributed by atoms with Gasteiger partial charge in [0, 0.05) is 6.42 Å². The number of carbonyl (C=O) groups is 1. The van der Waals surface area contributed by atoms with Gasteiger partial charge < -0.3 is 15.5 Å². The summed E-state index contributed by atoms with van der Waals surface area (Å²) in [6.07, 6.45) is 64.1. The van der Waals surface area contributed by atoms with Crippen molar-refractivity contribution < 1.29 is 15.0 Å². The number of allylic oxidation sites excluding steroid dienone is 14. The highest BCUT2D eigenvalue weighted by Crippen LogP contribution is 2.14. The second-order valence-electron chi connectivity index (χ2n) is 14.7. The lowest BCUT2D eigenvalue weighted by atomic mass is 10.0. The van der Waals surface area contributed by atoms with Gasteiger partial charge in [-0.25, -0.2) is 0 Å². The monoisotopic (exact) mass is 736 g/mol. The number of nitrogens with one attached hydrogen (secondary N) is 1. The van der Waals surface area contributed by atoms with Gasteiger partial charge >= 0.3 is 0 Å². The van der Waals surface area contributed by atoms with Crippen LogP contribution >= 0.6 is 0 Å². The third-order valence-electron chi connectivity index (χ3n) is 9.67. The van der Waals surface area contributed by atoms with Crippen molar-refractivity contribution in [3.8, 4) is 0 Å². The van der Waals surface area contributed by atoms with E-state index in [0.717, 1.165) is 70.6 Å². The number of hydrogen-bond acceptors (Lipinski definition) is 3. The lowest BCUT2D eigenvalue weighted by Gasteiger charge is -2.22. The largest absolute Gasteiger partial charge is 0.394 e.